The minimum absolute atomic E-state index is 0.0348. The molecule has 2 amide bonds. The lowest BCUT2D eigenvalue weighted by Gasteiger charge is -2.16. The van der Waals surface area contributed by atoms with E-state index in [9.17, 15) is 9.59 Å². The average molecular weight is 361 g/mol. The van der Waals surface area contributed by atoms with E-state index in [1.54, 1.807) is 24.3 Å². The van der Waals surface area contributed by atoms with Crippen LogP contribution in [-0.4, -0.2) is 18.4 Å². The maximum absolute atomic E-state index is 12.3. The van der Waals surface area contributed by atoms with Gasteiger partial charge in [0.15, 0.2) is 0 Å². The second-order valence-corrected chi connectivity index (χ2v) is 6.48. The molecule has 5 heteroatoms. The first kappa shape index (κ1) is 18.6. The van der Waals surface area contributed by atoms with E-state index in [1.165, 1.54) is 17.7 Å². The van der Waals surface area contributed by atoms with Gasteiger partial charge in [0.1, 0.15) is 0 Å². The summed E-state index contributed by atoms with van der Waals surface area (Å²) in [6.45, 7) is 3.69. The first-order chi connectivity index (χ1) is 13.0. The first-order valence-electron chi connectivity index (χ1n) is 8.91. The summed E-state index contributed by atoms with van der Waals surface area (Å²) in [5, 5.41) is 11.2. The van der Waals surface area contributed by atoms with Gasteiger partial charge in [0, 0.05) is 24.3 Å². The van der Waals surface area contributed by atoms with Crippen molar-refractivity contribution >= 4 is 34.0 Å². The van der Waals surface area contributed by atoms with Gasteiger partial charge in [-0.05, 0) is 41.5 Å². The van der Waals surface area contributed by atoms with Crippen LogP contribution in [0, 0.1) is 0 Å². The molecule has 0 fully saturated rings. The maximum Gasteiger partial charge on any atom is 0.238 e. The Balaban J connectivity index is 1.61. The Morgan fingerprint density at radius 2 is 1.56 bits per heavy atom. The third kappa shape index (κ3) is 4.92. The minimum Gasteiger partial charge on any atom is -0.326 e. The van der Waals surface area contributed by atoms with Crippen LogP contribution in [0.15, 0.2) is 66.7 Å². The number of carbonyl (C=O) groups is 2. The molecule has 0 unspecified atom stereocenters. The molecule has 0 spiro atoms. The van der Waals surface area contributed by atoms with Crippen molar-refractivity contribution in [1.29, 1.82) is 0 Å². The summed E-state index contributed by atoms with van der Waals surface area (Å²) in [6, 6.07) is 21.5. The molecule has 0 radical (unpaired) electrons. The summed E-state index contributed by atoms with van der Waals surface area (Å²) in [5.74, 6) is -0.286. The van der Waals surface area contributed by atoms with E-state index < -0.39 is 0 Å². The Hall–Kier alpha value is -3.18. The van der Waals surface area contributed by atoms with Crippen LogP contribution in [0.2, 0.25) is 0 Å². The van der Waals surface area contributed by atoms with Gasteiger partial charge in [-0.15, -0.1) is 0 Å². The summed E-state index contributed by atoms with van der Waals surface area (Å²) >= 11 is 0. The molecular formula is C22H23N3O2. The highest BCUT2D eigenvalue weighted by Crippen LogP contribution is 2.24. The molecule has 3 N–H and O–H groups in total. The fourth-order valence-corrected chi connectivity index (χ4v) is 3.07. The van der Waals surface area contributed by atoms with Crippen molar-refractivity contribution in [3.05, 3.63) is 72.3 Å². The van der Waals surface area contributed by atoms with E-state index in [2.05, 4.69) is 40.2 Å². The quantitative estimate of drug-likeness (QED) is 0.619. The third-order valence-corrected chi connectivity index (χ3v) is 4.33. The fourth-order valence-electron chi connectivity index (χ4n) is 3.07. The number of hydrogen-bond donors (Lipinski definition) is 3. The minimum atomic E-state index is -0.149. The van der Waals surface area contributed by atoms with Crippen LogP contribution in [0.25, 0.3) is 10.8 Å². The van der Waals surface area contributed by atoms with Crippen LogP contribution in [0.3, 0.4) is 0 Å². The van der Waals surface area contributed by atoms with Gasteiger partial charge in [0.2, 0.25) is 11.8 Å². The van der Waals surface area contributed by atoms with Crippen molar-refractivity contribution in [3.63, 3.8) is 0 Å². The summed E-state index contributed by atoms with van der Waals surface area (Å²) in [4.78, 5) is 23.4. The van der Waals surface area contributed by atoms with Gasteiger partial charge in [-0.3, -0.25) is 9.59 Å². The molecule has 5 nitrogen and oxygen atoms in total. The molecule has 0 aromatic heterocycles. The first-order valence-corrected chi connectivity index (χ1v) is 8.91. The van der Waals surface area contributed by atoms with Crippen LogP contribution in [0.1, 0.15) is 25.5 Å². The Morgan fingerprint density at radius 3 is 2.33 bits per heavy atom. The molecule has 27 heavy (non-hydrogen) atoms. The molecule has 3 aromatic rings. The smallest absolute Gasteiger partial charge is 0.238 e. The monoisotopic (exact) mass is 361 g/mol. The largest absolute Gasteiger partial charge is 0.326 e. The van der Waals surface area contributed by atoms with E-state index in [0.717, 1.165) is 5.56 Å². The zero-order valence-corrected chi connectivity index (χ0v) is 15.5. The van der Waals surface area contributed by atoms with E-state index in [0.29, 0.717) is 11.4 Å². The van der Waals surface area contributed by atoms with Gasteiger partial charge in [-0.2, -0.15) is 0 Å². The van der Waals surface area contributed by atoms with Crippen LogP contribution in [0.5, 0.6) is 0 Å². The number of carbonyl (C=O) groups excluding carboxylic acids is 2. The molecule has 0 saturated carbocycles. The number of nitrogens with one attached hydrogen (secondary N) is 3. The fraction of sp³-hybridized carbons (Fsp3) is 0.182. The zero-order chi connectivity index (χ0) is 19.2. The zero-order valence-electron chi connectivity index (χ0n) is 15.5. The lowest BCUT2D eigenvalue weighted by atomic mass is 10.00. The number of benzene rings is 3. The van der Waals surface area contributed by atoms with Gasteiger partial charge >= 0.3 is 0 Å². The standard InChI is InChI=1S/C22H23N3O2/c1-15(20-12-5-8-17-7-3-4-11-21(17)20)23-14-22(27)25-19-10-6-9-18(13-19)24-16(2)26/h3-13,15,23H,14H2,1-2H3,(H,24,26)(H,25,27)/t15-/m1/s1. The highest BCUT2D eigenvalue weighted by atomic mass is 16.2. The molecule has 1 atom stereocenters. The van der Waals surface area contributed by atoms with E-state index in [1.807, 2.05) is 25.1 Å². The number of rotatable bonds is 6. The summed E-state index contributed by atoms with van der Waals surface area (Å²) in [6.07, 6.45) is 0. The average Bonchev–Trinajstić information content (AvgIpc) is 2.65. The van der Waals surface area contributed by atoms with Crippen LogP contribution in [0.4, 0.5) is 11.4 Å². The van der Waals surface area contributed by atoms with Crippen LogP contribution >= 0.6 is 0 Å². The Bertz CT molecular complexity index is 963. The molecular weight excluding hydrogens is 338 g/mol. The van der Waals surface area contributed by atoms with Crippen molar-refractivity contribution in [2.45, 2.75) is 19.9 Å². The molecule has 0 aliphatic carbocycles. The predicted molar refractivity (Wildman–Crippen MR) is 110 cm³/mol. The molecule has 0 saturated heterocycles. The van der Waals surface area contributed by atoms with Crippen molar-refractivity contribution in [2.75, 3.05) is 17.2 Å². The van der Waals surface area contributed by atoms with Crippen molar-refractivity contribution in [2.24, 2.45) is 0 Å². The second-order valence-electron chi connectivity index (χ2n) is 6.48. The highest BCUT2D eigenvalue weighted by molar-refractivity contribution is 5.94. The molecule has 0 aliphatic heterocycles. The van der Waals surface area contributed by atoms with Gasteiger partial charge < -0.3 is 16.0 Å². The lowest BCUT2D eigenvalue weighted by Crippen LogP contribution is -2.30. The summed E-state index contributed by atoms with van der Waals surface area (Å²) < 4.78 is 0. The molecule has 0 aliphatic rings. The number of amides is 2. The Morgan fingerprint density at radius 1 is 0.889 bits per heavy atom. The molecule has 138 valence electrons. The SMILES string of the molecule is CC(=O)Nc1cccc(NC(=O)CN[C@H](C)c2cccc3ccccc23)c1. The van der Waals surface area contributed by atoms with Gasteiger partial charge in [0.05, 0.1) is 6.54 Å². The van der Waals surface area contributed by atoms with Crippen molar-refractivity contribution in [1.82, 2.24) is 5.32 Å². The van der Waals surface area contributed by atoms with Crippen LogP contribution < -0.4 is 16.0 Å². The van der Waals surface area contributed by atoms with Crippen molar-refractivity contribution < 1.29 is 9.59 Å². The Kier molecular flexibility index (Phi) is 5.84. The summed E-state index contributed by atoms with van der Waals surface area (Å²) in [7, 11) is 0. The van der Waals surface area contributed by atoms with Crippen LogP contribution in [-0.2, 0) is 9.59 Å². The molecule has 0 bridgehead atoms. The van der Waals surface area contributed by atoms with E-state index >= 15 is 0 Å². The topological polar surface area (TPSA) is 70.2 Å². The van der Waals surface area contributed by atoms with Crippen molar-refractivity contribution in [3.8, 4) is 0 Å². The normalized spacial score (nSPS) is 11.8. The lowest BCUT2D eigenvalue weighted by molar-refractivity contribution is -0.115. The highest BCUT2D eigenvalue weighted by Gasteiger charge is 2.11. The van der Waals surface area contributed by atoms with E-state index in [-0.39, 0.29) is 24.4 Å². The Labute approximate surface area is 158 Å². The van der Waals surface area contributed by atoms with Gasteiger partial charge in [-0.25, -0.2) is 0 Å². The number of fused-ring (bicyclic) bond motifs is 1. The summed E-state index contributed by atoms with van der Waals surface area (Å²) in [5.41, 5.74) is 2.46. The van der Waals surface area contributed by atoms with Gasteiger partial charge in [0.25, 0.3) is 0 Å². The van der Waals surface area contributed by atoms with E-state index in [4.69, 9.17) is 0 Å². The molecule has 3 rings (SSSR count). The van der Waals surface area contributed by atoms with Gasteiger partial charge in [-0.1, -0.05) is 48.5 Å². The number of anilines is 2. The predicted octanol–water partition coefficient (Wildman–Crippen LogP) is 4.09. The third-order valence-electron chi connectivity index (χ3n) is 4.33. The maximum atomic E-state index is 12.3. The molecule has 3 aromatic carbocycles. The second kappa shape index (κ2) is 8.47. The molecule has 0 heterocycles. The number of hydrogen-bond acceptors (Lipinski definition) is 3.